The molecular weight excluding hydrogens is 378 g/mol. The fourth-order valence-electron chi connectivity index (χ4n) is 4.72. The van der Waals surface area contributed by atoms with E-state index in [1.54, 1.807) is 0 Å². The van der Waals surface area contributed by atoms with Crippen molar-refractivity contribution in [3.63, 3.8) is 0 Å². The lowest BCUT2D eigenvalue weighted by atomic mass is 9.81. The van der Waals surface area contributed by atoms with Gasteiger partial charge in [-0.25, -0.2) is 0 Å². The highest BCUT2D eigenvalue weighted by Gasteiger charge is 2.47. The summed E-state index contributed by atoms with van der Waals surface area (Å²) in [5.41, 5.74) is 0.993. The number of carbonyl (C=O) groups is 3. The van der Waals surface area contributed by atoms with Crippen molar-refractivity contribution in [1.29, 1.82) is 0 Å². The minimum Gasteiger partial charge on any atom is -0.367 e. The first-order valence-corrected chi connectivity index (χ1v) is 10.6. The maximum Gasteiger partial charge on any atom is 0.233 e. The molecule has 28 heavy (non-hydrogen) atoms. The van der Waals surface area contributed by atoms with Gasteiger partial charge in [0.1, 0.15) is 0 Å². The molecule has 3 fully saturated rings. The Kier molecular flexibility index (Phi) is 5.58. The van der Waals surface area contributed by atoms with E-state index in [4.69, 9.17) is 11.6 Å². The predicted octanol–water partition coefficient (Wildman–Crippen LogP) is 2.55. The van der Waals surface area contributed by atoms with E-state index in [1.165, 1.54) is 4.90 Å². The third-order valence-electron chi connectivity index (χ3n) is 6.31. The molecule has 2 aliphatic heterocycles. The highest BCUT2D eigenvalue weighted by Crippen LogP contribution is 2.38. The summed E-state index contributed by atoms with van der Waals surface area (Å²) in [5, 5.41) is 0.717. The van der Waals surface area contributed by atoms with E-state index in [1.807, 2.05) is 29.2 Å². The fraction of sp³-hybridized carbons (Fsp3) is 0.571. The van der Waals surface area contributed by atoms with Crippen LogP contribution in [0.1, 0.15) is 32.1 Å². The second kappa shape index (κ2) is 8.11. The lowest BCUT2D eigenvalue weighted by Crippen LogP contribution is -2.49. The van der Waals surface area contributed by atoms with Crippen LogP contribution in [-0.4, -0.2) is 60.2 Å². The first-order valence-electron chi connectivity index (χ1n) is 10.2. The molecule has 1 aromatic rings. The van der Waals surface area contributed by atoms with Gasteiger partial charge in [-0.2, -0.15) is 0 Å². The van der Waals surface area contributed by atoms with E-state index < -0.39 is 0 Å². The molecule has 0 unspecified atom stereocenters. The standard InChI is InChI=1S/C21H26ClN3O3/c22-17-7-3-4-8-18(17)23-11-13-24(14-12-23)19(26)9-10-25-20(27)15-5-1-2-6-16(15)21(25)28/h3-4,7-8,15-16H,1-2,5-6,9-14H2/t15-,16+. The molecule has 150 valence electrons. The minimum atomic E-state index is -0.143. The summed E-state index contributed by atoms with van der Waals surface area (Å²) in [6.07, 6.45) is 3.86. The first-order chi connectivity index (χ1) is 13.6. The number of hydrogen-bond donors (Lipinski definition) is 0. The van der Waals surface area contributed by atoms with Crippen molar-refractivity contribution >= 4 is 35.0 Å². The number of benzene rings is 1. The molecular formula is C21H26ClN3O3. The van der Waals surface area contributed by atoms with Crippen LogP contribution in [-0.2, 0) is 14.4 Å². The Labute approximate surface area is 170 Å². The third kappa shape index (κ3) is 3.62. The molecule has 0 bridgehead atoms. The van der Waals surface area contributed by atoms with Gasteiger partial charge in [0.15, 0.2) is 0 Å². The highest BCUT2D eigenvalue weighted by atomic mass is 35.5. The number of halogens is 1. The Morgan fingerprint density at radius 1 is 0.964 bits per heavy atom. The van der Waals surface area contributed by atoms with Gasteiger partial charge in [0.2, 0.25) is 17.7 Å². The van der Waals surface area contributed by atoms with Crippen molar-refractivity contribution in [2.45, 2.75) is 32.1 Å². The van der Waals surface area contributed by atoms with Gasteiger partial charge in [-0.15, -0.1) is 0 Å². The van der Waals surface area contributed by atoms with Crippen molar-refractivity contribution in [2.75, 3.05) is 37.6 Å². The van der Waals surface area contributed by atoms with Crippen LogP contribution in [0.4, 0.5) is 5.69 Å². The number of para-hydroxylation sites is 1. The number of nitrogens with zero attached hydrogens (tertiary/aromatic N) is 3. The van der Waals surface area contributed by atoms with E-state index in [9.17, 15) is 14.4 Å². The van der Waals surface area contributed by atoms with Crippen LogP contribution in [0.3, 0.4) is 0 Å². The van der Waals surface area contributed by atoms with Gasteiger partial charge in [0.05, 0.1) is 22.5 Å². The van der Waals surface area contributed by atoms with E-state index >= 15 is 0 Å². The fourth-order valence-corrected chi connectivity index (χ4v) is 4.98. The molecule has 0 N–H and O–H groups in total. The molecule has 7 heteroatoms. The van der Waals surface area contributed by atoms with Crippen LogP contribution in [0, 0.1) is 11.8 Å². The molecule has 0 aromatic heterocycles. The van der Waals surface area contributed by atoms with Crippen LogP contribution in [0.2, 0.25) is 5.02 Å². The van der Waals surface area contributed by atoms with E-state index in [0.717, 1.165) is 49.5 Å². The maximum atomic E-state index is 12.6. The highest BCUT2D eigenvalue weighted by molar-refractivity contribution is 6.33. The number of rotatable bonds is 4. The molecule has 2 saturated heterocycles. The van der Waals surface area contributed by atoms with Gasteiger partial charge in [-0.1, -0.05) is 36.6 Å². The van der Waals surface area contributed by atoms with Gasteiger partial charge in [-0.3, -0.25) is 19.3 Å². The average Bonchev–Trinajstić information content (AvgIpc) is 2.97. The van der Waals surface area contributed by atoms with Crippen molar-refractivity contribution in [3.8, 4) is 0 Å². The van der Waals surface area contributed by atoms with Gasteiger partial charge >= 0.3 is 0 Å². The SMILES string of the molecule is O=C(CCN1C(=O)[C@H]2CCCC[C@H]2C1=O)N1CCN(c2ccccc2Cl)CC1. The zero-order valence-corrected chi connectivity index (χ0v) is 16.7. The number of carbonyl (C=O) groups excluding carboxylic acids is 3. The number of piperazine rings is 1. The lowest BCUT2D eigenvalue weighted by molar-refractivity contribution is -0.140. The summed E-state index contributed by atoms with van der Waals surface area (Å²) < 4.78 is 0. The quantitative estimate of drug-likeness (QED) is 0.725. The van der Waals surface area contributed by atoms with Crippen LogP contribution in [0.25, 0.3) is 0 Å². The smallest absolute Gasteiger partial charge is 0.233 e. The predicted molar refractivity (Wildman–Crippen MR) is 107 cm³/mol. The number of imide groups is 1. The first kappa shape index (κ1) is 19.2. The van der Waals surface area contributed by atoms with Gasteiger partial charge < -0.3 is 9.80 Å². The monoisotopic (exact) mass is 403 g/mol. The molecule has 3 aliphatic rings. The number of likely N-dealkylation sites (tertiary alicyclic amines) is 1. The van der Waals surface area contributed by atoms with Crippen LogP contribution < -0.4 is 4.90 Å². The Morgan fingerprint density at radius 2 is 1.57 bits per heavy atom. The van der Waals surface area contributed by atoms with Gasteiger partial charge in [0.25, 0.3) is 0 Å². The Hall–Kier alpha value is -2.08. The maximum absolute atomic E-state index is 12.6. The Balaban J connectivity index is 1.29. The molecule has 3 amide bonds. The van der Waals surface area contributed by atoms with E-state index in [0.29, 0.717) is 13.1 Å². The lowest BCUT2D eigenvalue weighted by Gasteiger charge is -2.36. The molecule has 0 radical (unpaired) electrons. The van der Waals surface area contributed by atoms with Gasteiger partial charge in [0, 0.05) is 39.1 Å². The average molecular weight is 404 g/mol. The van der Waals surface area contributed by atoms with Gasteiger partial charge in [-0.05, 0) is 25.0 Å². The summed E-state index contributed by atoms with van der Waals surface area (Å²) in [6.45, 7) is 2.91. The molecule has 4 rings (SSSR count). The second-order valence-corrected chi connectivity index (χ2v) is 8.30. The summed E-state index contributed by atoms with van der Waals surface area (Å²) in [6, 6.07) is 7.73. The molecule has 2 heterocycles. The normalized spacial score (nSPS) is 25.2. The van der Waals surface area contributed by atoms with Crippen LogP contribution >= 0.6 is 11.6 Å². The second-order valence-electron chi connectivity index (χ2n) is 7.89. The summed E-state index contributed by atoms with van der Waals surface area (Å²) in [5.74, 6) is -0.405. The molecule has 1 aromatic carbocycles. The molecule has 1 aliphatic carbocycles. The minimum absolute atomic E-state index is 0.00859. The Bertz CT molecular complexity index is 752. The number of anilines is 1. The third-order valence-corrected chi connectivity index (χ3v) is 6.63. The summed E-state index contributed by atoms with van der Waals surface area (Å²) in [7, 11) is 0. The topological polar surface area (TPSA) is 60.9 Å². The van der Waals surface area contributed by atoms with Crippen molar-refractivity contribution < 1.29 is 14.4 Å². The molecule has 6 nitrogen and oxygen atoms in total. The molecule has 2 atom stereocenters. The zero-order valence-electron chi connectivity index (χ0n) is 16.0. The van der Waals surface area contributed by atoms with Crippen molar-refractivity contribution in [1.82, 2.24) is 9.80 Å². The largest absolute Gasteiger partial charge is 0.367 e. The van der Waals surface area contributed by atoms with E-state index in [2.05, 4.69) is 4.90 Å². The number of hydrogen-bond acceptors (Lipinski definition) is 4. The summed E-state index contributed by atoms with van der Waals surface area (Å²) >= 11 is 6.27. The molecule has 1 saturated carbocycles. The van der Waals surface area contributed by atoms with Crippen molar-refractivity contribution in [2.24, 2.45) is 11.8 Å². The summed E-state index contributed by atoms with van der Waals surface area (Å²) in [4.78, 5) is 43.0. The van der Waals surface area contributed by atoms with Crippen LogP contribution in [0.15, 0.2) is 24.3 Å². The zero-order chi connectivity index (χ0) is 19.7. The van der Waals surface area contributed by atoms with Crippen LogP contribution in [0.5, 0.6) is 0 Å². The van der Waals surface area contributed by atoms with Crippen molar-refractivity contribution in [3.05, 3.63) is 29.3 Å². The number of fused-ring (bicyclic) bond motifs is 1. The van der Waals surface area contributed by atoms with E-state index in [-0.39, 0.29) is 42.5 Å². The Morgan fingerprint density at radius 3 is 2.18 bits per heavy atom. The number of amides is 3. The molecule has 0 spiro atoms.